The van der Waals surface area contributed by atoms with Gasteiger partial charge in [-0.25, -0.2) is 4.98 Å². The van der Waals surface area contributed by atoms with Gasteiger partial charge >= 0.3 is 0 Å². The molecule has 176 valence electrons. The van der Waals surface area contributed by atoms with Crippen LogP contribution < -0.4 is 9.80 Å². The molecule has 0 saturated carbocycles. The van der Waals surface area contributed by atoms with Crippen LogP contribution in [0.5, 0.6) is 0 Å². The topological polar surface area (TPSA) is 65.4 Å². The van der Waals surface area contributed by atoms with Gasteiger partial charge in [0.25, 0.3) is 0 Å². The van der Waals surface area contributed by atoms with Crippen LogP contribution in [0.3, 0.4) is 0 Å². The van der Waals surface area contributed by atoms with Crippen LogP contribution in [0.15, 0.2) is 65.4 Å². The highest BCUT2D eigenvalue weighted by Crippen LogP contribution is 2.31. The summed E-state index contributed by atoms with van der Waals surface area (Å²) < 4.78 is 0. The first-order valence-electron chi connectivity index (χ1n) is 11.9. The number of aromatic nitrogens is 3. The summed E-state index contributed by atoms with van der Waals surface area (Å²) in [4.78, 5) is 9.18. The van der Waals surface area contributed by atoms with Crippen LogP contribution in [0.2, 0.25) is 0 Å². The number of hydrogen-bond donors (Lipinski definition) is 1. The van der Waals surface area contributed by atoms with E-state index in [0.29, 0.717) is 6.42 Å². The SMILES string of the molecule is CC(C)(O)c1ccc(N2CCN(c3nnc(CC4=CCCC=C4Cl)c4ccccc34)CC2)nc1. The first kappa shape index (κ1) is 22.8. The second-order valence-corrected chi connectivity index (χ2v) is 9.90. The minimum atomic E-state index is -0.884. The Bertz CT molecular complexity index is 1240. The monoisotopic (exact) mass is 475 g/mol. The lowest BCUT2D eigenvalue weighted by Gasteiger charge is -2.36. The van der Waals surface area contributed by atoms with Crippen molar-refractivity contribution in [3.8, 4) is 0 Å². The number of nitrogens with zero attached hydrogens (tertiary/aromatic N) is 5. The Morgan fingerprint density at radius 3 is 2.29 bits per heavy atom. The maximum absolute atomic E-state index is 10.2. The van der Waals surface area contributed by atoms with Crippen LogP contribution in [0.1, 0.15) is 37.9 Å². The highest BCUT2D eigenvalue weighted by atomic mass is 35.5. The van der Waals surface area contributed by atoms with Gasteiger partial charge in [0.2, 0.25) is 0 Å². The first-order valence-corrected chi connectivity index (χ1v) is 12.3. The van der Waals surface area contributed by atoms with E-state index in [0.717, 1.165) is 83.3 Å². The number of halogens is 1. The molecule has 5 rings (SSSR count). The number of allylic oxidation sites excluding steroid dienone is 4. The molecule has 1 aliphatic carbocycles. The molecule has 0 atom stereocenters. The number of fused-ring (bicyclic) bond motifs is 1. The number of hydrogen-bond acceptors (Lipinski definition) is 6. The third-order valence-electron chi connectivity index (χ3n) is 6.65. The summed E-state index contributed by atoms with van der Waals surface area (Å²) in [6.07, 6.45) is 8.79. The highest BCUT2D eigenvalue weighted by Gasteiger charge is 2.23. The van der Waals surface area contributed by atoms with Gasteiger partial charge in [-0.05, 0) is 38.3 Å². The van der Waals surface area contributed by atoms with E-state index in [4.69, 9.17) is 11.6 Å². The molecule has 0 spiro atoms. The molecule has 2 aromatic heterocycles. The van der Waals surface area contributed by atoms with E-state index in [-0.39, 0.29) is 0 Å². The molecule has 6 nitrogen and oxygen atoms in total. The number of piperazine rings is 1. The normalized spacial score (nSPS) is 17.1. The molecule has 0 radical (unpaired) electrons. The maximum Gasteiger partial charge on any atom is 0.159 e. The van der Waals surface area contributed by atoms with Crippen molar-refractivity contribution in [1.29, 1.82) is 0 Å². The van der Waals surface area contributed by atoms with Crippen molar-refractivity contribution in [2.24, 2.45) is 0 Å². The van der Waals surface area contributed by atoms with Crippen LogP contribution in [0.4, 0.5) is 11.6 Å². The van der Waals surface area contributed by atoms with Gasteiger partial charge < -0.3 is 14.9 Å². The minimum Gasteiger partial charge on any atom is -0.386 e. The Morgan fingerprint density at radius 1 is 0.912 bits per heavy atom. The molecule has 0 amide bonds. The zero-order valence-corrected chi connectivity index (χ0v) is 20.5. The van der Waals surface area contributed by atoms with Gasteiger partial charge in [0.1, 0.15) is 5.82 Å². The summed E-state index contributed by atoms with van der Waals surface area (Å²) in [5.41, 5.74) is 2.04. The van der Waals surface area contributed by atoms with E-state index < -0.39 is 5.60 Å². The van der Waals surface area contributed by atoms with Gasteiger partial charge in [0.15, 0.2) is 5.82 Å². The standard InChI is InChI=1S/C27H30ClN5O/c1-27(2,34)20-11-12-25(29-18-20)32-13-15-33(16-14-32)26-22-9-5-4-8-21(22)24(30-31-26)17-19-7-3-6-10-23(19)28/h4-5,7-12,18,34H,3,6,13-17H2,1-2H3. The lowest BCUT2D eigenvalue weighted by molar-refractivity contribution is 0.0782. The quantitative estimate of drug-likeness (QED) is 0.562. The molecule has 34 heavy (non-hydrogen) atoms. The first-order chi connectivity index (χ1) is 16.4. The van der Waals surface area contributed by atoms with Crippen LogP contribution in [-0.4, -0.2) is 46.5 Å². The van der Waals surface area contributed by atoms with E-state index in [1.165, 1.54) is 0 Å². The summed E-state index contributed by atoms with van der Waals surface area (Å²) in [5.74, 6) is 1.87. The molecule has 0 bridgehead atoms. The van der Waals surface area contributed by atoms with E-state index >= 15 is 0 Å². The van der Waals surface area contributed by atoms with Crippen molar-refractivity contribution in [1.82, 2.24) is 15.2 Å². The summed E-state index contributed by atoms with van der Waals surface area (Å²) in [6, 6.07) is 12.3. The molecule has 3 aromatic rings. The maximum atomic E-state index is 10.2. The van der Waals surface area contributed by atoms with Gasteiger partial charge in [0.05, 0.1) is 11.3 Å². The lowest BCUT2D eigenvalue weighted by Crippen LogP contribution is -2.47. The Morgan fingerprint density at radius 2 is 1.62 bits per heavy atom. The largest absolute Gasteiger partial charge is 0.386 e. The summed E-state index contributed by atoms with van der Waals surface area (Å²) in [5, 5.41) is 22.6. The molecule has 3 heterocycles. The molecule has 0 unspecified atom stereocenters. The van der Waals surface area contributed by atoms with Gasteiger partial charge in [-0.1, -0.05) is 54.1 Å². The second-order valence-electron chi connectivity index (χ2n) is 9.49. The average molecular weight is 476 g/mol. The Hall–Kier alpha value is -2.96. The van der Waals surface area contributed by atoms with Gasteiger partial charge in [-0.2, -0.15) is 5.10 Å². The van der Waals surface area contributed by atoms with E-state index in [1.807, 2.05) is 12.1 Å². The van der Waals surface area contributed by atoms with Crippen molar-refractivity contribution in [3.05, 3.63) is 76.6 Å². The molecular weight excluding hydrogens is 446 g/mol. The molecule has 7 heteroatoms. The van der Waals surface area contributed by atoms with Crippen molar-refractivity contribution >= 4 is 34.0 Å². The zero-order valence-electron chi connectivity index (χ0n) is 19.7. The fraction of sp³-hybridized carbons (Fsp3) is 0.370. The van der Waals surface area contributed by atoms with Crippen LogP contribution >= 0.6 is 11.6 Å². The summed E-state index contributed by atoms with van der Waals surface area (Å²) >= 11 is 6.45. The number of anilines is 2. The lowest BCUT2D eigenvalue weighted by atomic mass is 9.99. The Labute approximate surface area is 205 Å². The van der Waals surface area contributed by atoms with Crippen LogP contribution in [0.25, 0.3) is 10.8 Å². The summed E-state index contributed by atoms with van der Waals surface area (Å²) in [7, 11) is 0. The molecule has 1 saturated heterocycles. The minimum absolute atomic E-state index is 0.698. The summed E-state index contributed by atoms with van der Waals surface area (Å²) in [6.45, 7) is 6.92. The van der Waals surface area contributed by atoms with Crippen LogP contribution in [-0.2, 0) is 12.0 Å². The third kappa shape index (κ3) is 4.65. The van der Waals surface area contributed by atoms with E-state index in [2.05, 4.69) is 61.4 Å². The molecular formula is C27H30ClN5O. The van der Waals surface area contributed by atoms with Crippen molar-refractivity contribution in [2.75, 3.05) is 36.0 Å². The number of benzene rings is 1. The highest BCUT2D eigenvalue weighted by molar-refractivity contribution is 6.32. The molecule has 1 fully saturated rings. The van der Waals surface area contributed by atoms with Crippen LogP contribution in [0, 0.1) is 0 Å². The fourth-order valence-electron chi connectivity index (χ4n) is 4.62. The number of pyridine rings is 1. The Balaban J connectivity index is 1.34. The number of rotatable bonds is 5. The second kappa shape index (κ2) is 9.35. The molecule has 2 aliphatic rings. The molecule has 1 N–H and O–H groups in total. The van der Waals surface area contributed by atoms with Gasteiger partial charge in [-0.15, -0.1) is 5.10 Å². The van der Waals surface area contributed by atoms with E-state index in [1.54, 1.807) is 20.0 Å². The smallest absolute Gasteiger partial charge is 0.159 e. The van der Waals surface area contributed by atoms with Gasteiger partial charge in [-0.3, -0.25) is 0 Å². The van der Waals surface area contributed by atoms with Crippen molar-refractivity contribution < 1.29 is 5.11 Å². The predicted octanol–water partition coefficient (Wildman–Crippen LogP) is 4.96. The van der Waals surface area contributed by atoms with Crippen molar-refractivity contribution in [2.45, 2.75) is 38.7 Å². The van der Waals surface area contributed by atoms with Gasteiger partial charge in [0, 0.05) is 60.2 Å². The average Bonchev–Trinajstić information content (AvgIpc) is 2.85. The van der Waals surface area contributed by atoms with E-state index in [9.17, 15) is 5.11 Å². The third-order valence-corrected chi connectivity index (χ3v) is 7.04. The predicted molar refractivity (Wildman–Crippen MR) is 138 cm³/mol. The number of aliphatic hydroxyl groups is 1. The molecule has 1 aliphatic heterocycles. The molecule has 1 aromatic carbocycles. The Kier molecular flexibility index (Phi) is 6.28. The van der Waals surface area contributed by atoms with Crippen molar-refractivity contribution in [3.63, 3.8) is 0 Å². The fourth-order valence-corrected chi connectivity index (χ4v) is 4.88. The zero-order chi connectivity index (χ0) is 23.7.